The molecule has 0 aliphatic carbocycles. The molecule has 3 rings (SSSR count). The van der Waals surface area contributed by atoms with Crippen LogP contribution in [0.2, 0.25) is 0 Å². The molecule has 1 amide bonds. The van der Waals surface area contributed by atoms with Gasteiger partial charge in [0.05, 0.1) is 25.3 Å². The molecule has 6 nitrogen and oxygen atoms in total. The summed E-state index contributed by atoms with van der Waals surface area (Å²) >= 11 is 1.51. The summed E-state index contributed by atoms with van der Waals surface area (Å²) in [7, 11) is 5.65. The topological polar surface area (TPSA) is 63.7 Å². The maximum absolute atomic E-state index is 12.5. The summed E-state index contributed by atoms with van der Waals surface area (Å²) in [6.07, 6.45) is 0.254. The van der Waals surface area contributed by atoms with E-state index in [1.165, 1.54) is 16.9 Å². The fraction of sp³-hybridized carbons (Fsp3) is 0.333. The standard InChI is InChI=1S/C24H29N3O3S/c1-17-5-9-21(10-6-17)30-15-24-26-19(16-31-24)13-23(28)25-14-22(27(2)3)18-7-11-20(29-4)12-8-18/h5-12,16,22H,13-15H2,1-4H3,(H,25,28). The van der Waals surface area contributed by atoms with E-state index in [0.29, 0.717) is 13.2 Å². The van der Waals surface area contributed by atoms with Crippen molar-refractivity contribution in [2.45, 2.75) is 26.0 Å². The Morgan fingerprint density at radius 1 is 1.10 bits per heavy atom. The normalized spacial score (nSPS) is 11.9. The van der Waals surface area contributed by atoms with Crippen LogP contribution in [-0.2, 0) is 17.8 Å². The molecule has 0 radical (unpaired) electrons. The van der Waals surface area contributed by atoms with Gasteiger partial charge < -0.3 is 19.7 Å². The molecule has 1 aromatic heterocycles. The van der Waals surface area contributed by atoms with Crippen LogP contribution >= 0.6 is 11.3 Å². The number of methoxy groups -OCH3 is 1. The highest BCUT2D eigenvalue weighted by molar-refractivity contribution is 7.09. The lowest BCUT2D eigenvalue weighted by molar-refractivity contribution is -0.120. The van der Waals surface area contributed by atoms with Gasteiger partial charge in [0.25, 0.3) is 0 Å². The molecule has 3 aromatic rings. The highest BCUT2D eigenvalue weighted by atomic mass is 32.1. The highest BCUT2D eigenvalue weighted by Crippen LogP contribution is 2.21. The molecular formula is C24H29N3O3S. The van der Waals surface area contributed by atoms with Crippen LogP contribution in [0.1, 0.15) is 27.9 Å². The molecule has 2 aromatic carbocycles. The number of carbonyl (C=O) groups is 1. The van der Waals surface area contributed by atoms with Gasteiger partial charge in [-0.3, -0.25) is 4.79 Å². The Kier molecular flexibility index (Phi) is 8.03. The van der Waals surface area contributed by atoms with Crippen molar-refractivity contribution >= 4 is 17.2 Å². The fourth-order valence-corrected chi connectivity index (χ4v) is 3.84. The molecule has 1 N–H and O–H groups in total. The monoisotopic (exact) mass is 439 g/mol. The van der Waals surface area contributed by atoms with Crippen molar-refractivity contribution in [3.05, 3.63) is 75.7 Å². The Morgan fingerprint density at radius 3 is 2.42 bits per heavy atom. The third-order valence-electron chi connectivity index (χ3n) is 4.94. The number of nitrogens with one attached hydrogen (secondary N) is 1. The first kappa shape index (κ1) is 22.8. The van der Waals surface area contributed by atoms with Gasteiger partial charge in [-0.15, -0.1) is 11.3 Å². The molecule has 1 heterocycles. The van der Waals surface area contributed by atoms with Gasteiger partial charge >= 0.3 is 0 Å². The maximum Gasteiger partial charge on any atom is 0.226 e. The van der Waals surface area contributed by atoms with Crippen molar-refractivity contribution in [3.8, 4) is 11.5 Å². The molecule has 0 aliphatic heterocycles. The molecular weight excluding hydrogens is 410 g/mol. The number of aromatic nitrogens is 1. The third kappa shape index (κ3) is 6.80. The van der Waals surface area contributed by atoms with Crippen LogP contribution in [0.15, 0.2) is 53.9 Å². The Bertz CT molecular complexity index is 968. The Morgan fingerprint density at radius 2 is 1.77 bits per heavy atom. The van der Waals surface area contributed by atoms with Crippen molar-refractivity contribution in [3.63, 3.8) is 0 Å². The Hall–Kier alpha value is -2.90. The molecule has 31 heavy (non-hydrogen) atoms. The van der Waals surface area contributed by atoms with Crippen molar-refractivity contribution in [2.24, 2.45) is 0 Å². The number of amides is 1. The van der Waals surface area contributed by atoms with E-state index >= 15 is 0 Å². The van der Waals surface area contributed by atoms with Crippen LogP contribution in [0.25, 0.3) is 0 Å². The number of carbonyl (C=O) groups excluding carboxylic acids is 1. The van der Waals surface area contributed by atoms with E-state index in [9.17, 15) is 4.79 Å². The minimum atomic E-state index is -0.0448. The number of thiazole rings is 1. The van der Waals surface area contributed by atoms with E-state index in [4.69, 9.17) is 9.47 Å². The van der Waals surface area contributed by atoms with Crippen LogP contribution in [0, 0.1) is 6.92 Å². The first-order valence-corrected chi connectivity index (χ1v) is 11.0. The molecule has 0 saturated heterocycles. The summed E-state index contributed by atoms with van der Waals surface area (Å²) < 4.78 is 11.0. The number of hydrogen-bond acceptors (Lipinski definition) is 6. The second-order valence-corrected chi connectivity index (χ2v) is 8.51. The summed E-state index contributed by atoms with van der Waals surface area (Å²) in [4.78, 5) is 19.1. The molecule has 0 aliphatic rings. The van der Waals surface area contributed by atoms with Crippen molar-refractivity contribution in [2.75, 3.05) is 27.7 Å². The lowest BCUT2D eigenvalue weighted by Crippen LogP contribution is -2.35. The number of aryl methyl sites for hydroxylation is 1. The molecule has 0 bridgehead atoms. The average molecular weight is 440 g/mol. The van der Waals surface area contributed by atoms with Gasteiger partial charge in [-0.05, 0) is 50.8 Å². The first-order chi connectivity index (χ1) is 14.9. The van der Waals surface area contributed by atoms with Crippen LogP contribution in [0.5, 0.6) is 11.5 Å². The Balaban J connectivity index is 1.49. The number of ether oxygens (including phenoxy) is 2. The van der Waals surface area contributed by atoms with Gasteiger partial charge in [-0.2, -0.15) is 0 Å². The smallest absolute Gasteiger partial charge is 0.226 e. The summed E-state index contributed by atoms with van der Waals surface area (Å²) in [5.74, 6) is 1.58. The summed E-state index contributed by atoms with van der Waals surface area (Å²) in [6.45, 7) is 2.96. The SMILES string of the molecule is COc1ccc(C(CNC(=O)Cc2csc(COc3ccc(C)cc3)n2)N(C)C)cc1. The maximum atomic E-state index is 12.5. The van der Waals surface area contributed by atoms with E-state index in [0.717, 1.165) is 27.8 Å². The fourth-order valence-electron chi connectivity index (χ4n) is 3.14. The van der Waals surface area contributed by atoms with Crippen LogP contribution < -0.4 is 14.8 Å². The zero-order valence-electron chi connectivity index (χ0n) is 18.4. The highest BCUT2D eigenvalue weighted by Gasteiger charge is 2.16. The number of rotatable bonds is 10. The number of hydrogen-bond donors (Lipinski definition) is 1. The zero-order valence-corrected chi connectivity index (χ0v) is 19.2. The minimum absolute atomic E-state index is 0.0448. The van der Waals surface area contributed by atoms with Gasteiger partial charge in [-0.25, -0.2) is 4.98 Å². The lowest BCUT2D eigenvalue weighted by atomic mass is 10.1. The molecule has 0 saturated carbocycles. The second kappa shape index (κ2) is 10.9. The van der Waals surface area contributed by atoms with E-state index in [2.05, 4.69) is 15.2 Å². The number of likely N-dealkylation sites (N-methyl/N-ethyl adjacent to an activating group) is 1. The molecule has 0 fully saturated rings. The summed E-state index contributed by atoms with van der Waals surface area (Å²) in [6, 6.07) is 15.9. The molecule has 0 spiro atoms. The number of nitrogens with zero attached hydrogens (tertiary/aromatic N) is 2. The summed E-state index contributed by atoms with van der Waals surface area (Å²) in [5, 5.41) is 5.80. The van der Waals surface area contributed by atoms with Crippen LogP contribution in [0.3, 0.4) is 0 Å². The van der Waals surface area contributed by atoms with Crippen LogP contribution in [-0.4, -0.2) is 43.5 Å². The predicted octanol–water partition coefficient (Wildman–Crippen LogP) is 4.00. The summed E-state index contributed by atoms with van der Waals surface area (Å²) in [5.41, 5.74) is 3.07. The molecule has 7 heteroatoms. The predicted molar refractivity (Wildman–Crippen MR) is 124 cm³/mol. The third-order valence-corrected chi connectivity index (χ3v) is 5.81. The largest absolute Gasteiger partial charge is 0.497 e. The molecule has 1 unspecified atom stereocenters. The van der Waals surface area contributed by atoms with E-state index in [1.807, 2.05) is 74.9 Å². The Labute approximate surface area is 187 Å². The van der Waals surface area contributed by atoms with E-state index < -0.39 is 0 Å². The van der Waals surface area contributed by atoms with Crippen molar-refractivity contribution < 1.29 is 14.3 Å². The molecule has 1 atom stereocenters. The van der Waals surface area contributed by atoms with Gasteiger partial charge in [-0.1, -0.05) is 29.8 Å². The minimum Gasteiger partial charge on any atom is -0.497 e. The second-order valence-electron chi connectivity index (χ2n) is 7.57. The van der Waals surface area contributed by atoms with Gasteiger partial charge in [0, 0.05) is 11.9 Å². The van der Waals surface area contributed by atoms with Crippen molar-refractivity contribution in [1.82, 2.24) is 15.2 Å². The lowest BCUT2D eigenvalue weighted by Gasteiger charge is -2.25. The van der Waals surface area contributed by atoms with E-state index in [1.54, 1.807) is 7.11 Å². The van der Waals surface area contributed by atoms with Crippen molar-refractivity contribution in [1.29, 1.82) is 0 Å². The first-order valence-electron chi connectivity index (χ1n) is 10.1. The molecule has 164 valence electrons. The zero-order chi connectivity index (χ0) is 22.2. The average Bonchev–Trinajstić information content (AvgIpc) is 3.21. The van der Waals surface area contributed by atoms with E-state index in [-0.39, 0.29) is 18.4 Å². The van der Waals surface area contributed by atoms with Gasteiger partial charge in [0.2, 0.25) is 5.91 Å². The number of benzene rings is 2. The quantitative estimate of drug-likeness (QED) is 0.517. The van der Waals surface area contributed by atoms with Gasteiger partial charge in [0.15, 0.2) is 0 Å². The van der Waals surface area contributed by atoms with Gasteiger partial charge in [0.1, 0.15) is 23.1 Å². The van der Waals surface area contributed by atoms with Crippen LogP contribution in [0.4, 0.5) is 0 Å².